The van der Waals surface area contributed by atoms with Crippen LogP contribution in [0.15, 0.2) is 41.2 Å². The number of benzene rings is 1. The second-order valence-electron chi connectivity index (χ2n) is 6.22. The Kier molecular flexibility index (Phi) is 5.49. The van der Waals surface area contributed by atoms with E-state index in [4.69, 9.17) is 9.47 Å². The molecule has 6 heteroatoms. The molecule has 128 valence electrons. The van der Waals surface area contributed by atoms with Crippen LogP contribution in [-0.4, -0.2) is 23.4 Å². The third kappa shape index (κ3) is 4.06. The number of hydrogen-bond donors (Lipinski definition) is 0. The Morgan fingerprint density at radius 2 is 1.92 bits per heavy atom. The summed E-state index contributed by atoms with van der Waals surface area (Å²) in [6.07, 6.45) is -0.688. The van der Waals surface area contributed by atoms with Crippen molar-refractivity contribution in [2.24, 2.45) is 0 Å². The van der Waals surface area contributed by atoms with Crippen LogP contribution in [0.4, 0.5) is 4.79 Å². The molecule has 1 aromatic heterocycles. The summed E-state index contributed by atoms with van der Waals surface area (Å²) in [6, 6.07) is 10.6. The molecule has 0 fully saturated rings. The molecule has 0 atom stereocenters. The normalized spacial score (nSPS) is 11.2. The van der Waals surface area contributed by atoms with Crippen molar-refractivity contribution in [1.29, 1.82) is 0 Å². The molecule has 0 bridgehead atoms. The van der Waals surface area contributed by atoms with Crippen molar-refractivity contribution in [3.05, 3.63) is 52.4 Å². The van der Waals surface area contributed by atoms with Crippen LogP contribution in [0.25, 0.3) is 11.1 Å². The molecule has 0 aliphatic carbocycles. The molecule has 0 radical (unpaired) electrons. The van der Waals surface area contributed by atoms with Crippen molar-refractivity contribution in [3.63, 3.8) is 0 Å². The molecule has 2 rings (SSSR count). The monoisotopic (exact) mass is 393 g/mol. The smallest absolute Gasteiger partial charge is 0.421 e. The number of carbonyl (C=O) groups excluding carboxylic acids is 1. The highest BCUT2D eigenvalue weighted by molar-refractivity contribution is 9.08. The number of nitrogens with zero attached hydrogens (tertiary/aromatic N) is 1. The lowest BCUT2D eigenvalue weighted by molar-refractivity contribution is 0.0527. The molecular weight excluding hydrogens is 374 g/mol. The molecule has 24 heavy (non-hydrogen) atoms. The van der Waals surface area contributed by atoms with Crippen molar-refractivity contribution < 1.29 is 14.3 Å². The number of halogens is 1. The predicted molar refractivity (Wildman–Crippen MR) is 97.0 cm³/mol. The predicted octanol–water partition coefficient (Wildman–Crippen LogP) is 4.20. The van der Waals surface area contributed by atoms with Gasteiger partial charge < -0.3 is 9.47 Å². The average molecular weight is 394 g/mol. The maximum absolute atomic E-state index is 12.9. The van der Waals surface area contributed by atoms with Crippen molar-refractivity contribution >= 4 is 22.0 Å². The highest BCUT2D eigenvalue weighted by atomic mass is 79.9. The Hall–Kier alpha value is -2.08. The lowest BCUT2D eigenvalue weighted by Crippen LogP contribution is -2.35. The van der Waals surface area contributed by atoms with E-state index < -0.39 is 17.3 Å². The summed E-state index contributed by atoms with van der Waals surface area (Å²) >= 11 is 3.31. The summed E-state index contributed by atoms with van der Waals surface area (Å²) in [5.41, 5.74) is 0.504. The number of ether oxygens (including phenoxy) is 2. The van der Waals surface area contributed by atoms with Gasteiger partial charge in [0.25, 0.3) is 5.56 Å². The number of aromatic nitrogens is 1. The highest BCUT2D eigenvalue weighted by Gasteiger charge is 2.22. The van der Waals surface area contributed by atoms with Crippen molar-refractivity contribution in [3.8, 4) is 16.9 Å². The largest absolute Gasteiger partial charge is 0.497 e. The highest BCUT2D eigenvalue weighted by Crippen LogP contribution is 2.22. The standard InChI is InChI=1S/C18H20BrNO4/c1-18(2,3)24-17(22)20-13(11-19)8-9-15(16(20)21)12-6-5-7-14(10-12)23-4/h5-10H,11H2,1-4H3. The van der Waals surface area contributed by atoms with Gasteiger partial charge in [0.1, 0.15) is 11.4 Å². The number of rotatable bonds is 3. The van der Waals surface area contributed by atoms with E-state index in [-0.39, 0.29) is 0 Å². The van der Waals surface area contributed by atoms with Gasteiger partial charge in [0.15, 0.2) is 0 Å². The summed E-state index contributed by atoms with van der Waals surface area (Å²) in [6.45, 7) is 5.28. The van der Waals surface area contributed by atoms with Crippen LogP contribution in [-0.2, 0) is 10.1 Å². The zero-order valence-corrected chi connectivity index (χ0v) is 15.7. The average Bonchev–Trinajstić information content (AvgIpc) is 2.52. The van der Waals surface area contributed by atoms with E-state index in [0.29, 0.717) is 27.9 Å². The number of carbonyl (C=O) groups is 1. The number of hydrogen-bond acceptors (Lipinski definition) is 4. The summed E-state index contributed by atoms with van der Waals surface area (Å²) in [5, 5.41) is 0.361. The van der Waals surface area contributed by atoms with Gasteiger partial charge in [-0.1, -0.05) is 28.1 Å². The van der Waals surface area contributed by atoms with Crippen LogP contribution in [0.1, 0.15) is 26.5 Å². The topological polar surface area (TPSA) is 57.5 Å². The van der Waals surface area contributed by atoms with E-state index in [1.807, 2.05) is 0 Å². The van der Waals surface area contributed by atoms with Crippen LogP contribution in [0, 0.1) is 0 Å². The van der Waals surface area contributed by atoms with Gasteiger partial charge in [0, 0.05) is 16.6 Å². The molecule has 0 amide bonds. The molecule has 0 unspecified atom stereocenters. The summed E-state index contributed by atoms with van der Waals surface area (Å²) in [7, 11) is 1.56. The van der Waals surface area contributed by atoms with Crippen molar-refractivity contribution in [2.45, 2.75) is 31.7 Å². The van der Waals surface area contributed by atoms with Gasteiger partial charge in [-0.2, -0.15) is 0 Å². The molecular formula is C18H20BrNO4. The van der Waals surface area contributed by atoms with E-state index in [0.717, 1.165) is 4.57 Å². The lowest BCUT2D eigenvalue weighted by Gasteiger charge is -2.21. The van der Waals surface area contributed by atoms with Gasteiger partial charge in [-0.25, -0.2) is 9.36 Å². The number of alkyl halides is 1. The number of pyridine rings is 1. The van der Waals surface area contributed by atoms with E-state index in [1.54, 1.807) is 64.3 Å². The fourth-order valence-electron chi connectivity index (χ4n) is 2.20. The molecule has 0 saturated heterocycles. The van der Waals surface area contributed by atoms with E-state index in [2.05, 4.69) is 15.9 Å². The van der Waals surface area contributed by atoms with Gasteiger partial charge in [0.2, 0.25) is 0 Å². The van der Waals surface area contributed by atoms with E-state index >= 15 is 0 Å². The van der Waals surface area contributed by atoms with Crippen LogP contribution >= 0.6 is 15.9 Å². The maximum Gasteiger partial charge on any atom is 0.421 e. The fraction of sp³-hybridized carbons (Fsp3) is 0.333. The first-order chi connectivity index (χ1) is 11.3. The molecule has 1 aromatic carbocycles. The van der Waals surface area contributed by atoms with Gasteiger partial charge >= 0.3 is 6.09 Å². The minimum atomic E-state index is -0.688. The Morgan fingerprint density at radius 1 is 1.21 bits per heavy atom. The molecule has 5 nitrogen and oxygen atoms in total. The van der Waals surface area contributed by atoms with Crippen LogP contribution in [0.5, 0.6) is 5.75 Å². The quantitative estimate of drug-likeness (QED) is 0.733. The van der Waals surface area contributed by atoms with E-state index in [9.17, 15) is 9.59 Å². The molecule has 2 aromatic rings. The molecule has 0 saturated carbocycles. The summed E-state index contributed by atoms with van der Waals surface area (Å²) in [5.74, 6) is 0.639. The van der Waals surface area contributed by atoms with Crippen LogP contribution in [0.2, 0.25) is 0 Å². The first kappa shape index (κ1) is 18.3. The van der Waals surface area contributed by atoms with Gasteiger partial charge in [-0.15, -0.1) is 0 Å². The van der Waals surface area contributed by atoms with Gasteiger partial charge in [0.05, 0.1) is 7.11 Å². The first-order valence-electron chi connectivity index (χ1n) is 7.45. The molecule has 0 N–H and O–H groups in total. The lowest BCUT2D eigenvalue weighted by atomic mass is 10.1. The second-order valence-corrected chi connectivity index (χ2v) is 6.79. The Bertz CT molecular complexity index is 805. The molecule has 1 heterocycles. The Balaban J connectivity index is 2.59. The molecule has 0 aliphatic heterocycles. The molecule has 0 aliphatic rings. The molecule has 0 spiro atoms. The second kappa shape index (κ2) is 7.21. The van der Waals surface area contributed by atoms with Crippen LogP contribution < -0.4 is 10.3 Å². The minimum absolute atomic E-state index is 0.361. The van der Waals surface area contributed by atoms with Crippen molar-refractivity contribution in [2.75, 3.05) is 7.11 Å². The minimum Gasteiger partial charge on any atom is -0.497 e. The fourth-order valence-corrected chi connectivity index (χ4v) is 2.64. The van der Waals surface area contributed by atoms with E-state index in [1.165, 1.54) is 0 Å². The Morgan fingerprint density at radius 3 is 2.50 bits per heavy atom. The van der Waals surface area contributed by atoms with Gasteiger partial charge in [-0.05, 0) is 50.6 Å². The summed E-state index contributed by atoms with van der Waals surface area (Å²) < 4.78 is 11.6. The SMILES string of the molecule is COc1cccc(-c2ccc(CBr)n(C(=O)OC(C)(C)C)c2=O)c1. The maximum atomic E-state index is 12.9. The van der Waals surface area contributed by atoms with Gasteiger partial charge in [-0.3, -0.25) is 4.79 Å². The number of methoxy groups -OCH3 is 1. The van der Waals surface area contributed by atoms with Crippen LogP contribution in [0.3, 0.4) is 0 Å². The third-order valence-corrected chi connectivity index (χ3v) is 3.83. The van der Waals surface area contributed by atoms with Crippen molar-refractivity contribution in [1.82, 2.24) is 4.57 Å². The Labute approximate surface area is 149 Å². The third-order valence-electron chi connectivity index (χ3n) is 3.26. The zero-order chi connectivity index (χ0) is 17.9. The first-order valence-corrected chi connectivity index (χ1v) is 8.57. The summed E-state index contributed by atoms with van der Waals surface area (Å²) in [4.78, 5) is 25.3. The zero-order valence-electron chi connectivity index (χ0n) is 14.1.